The second-order valence-corrected chi connectivity index (χ2v) is 2.71. The highest BCUT2D eigenvalue weighted by atomic mass is 15.4. The van der Waals surface area contributed by atoms with Crippen molar-refractivity contribution in [1.82, 2.24) is 15.0 Å². The number of nitriles is 1. The van der Waals surface area contributed by atoms with Gasteiger partial charge in [0.15, 0.2) is 5.69 Å². The Morgan fingerprint density at radius 2 is 2.33 bits per heavy atom. The molecule has 12 heavy (non-hydrogen) atoms. The molecule has 0 aliphatic carbocycles. The fourth-order valence-corrected chi connectivity index (χ4v) is 0.984. The van der Waals surface area contributed by atoms with Crippen LogP contribution in [0.5, 0.6) is 0 Å². The molecule has 64 valence electrons. The van der Waals surface area contributed by atoms with Crippen LogP contribution >= 0.6 is 0 Å². The number of aryl methyl sites for hydroxylation is 1. The van der Waals surface area contributed by atoms with Gasteiger partial charge in [-0.15, -0.1) is 5.10 Å². The molecule has 0 N–H and O–H groups in total. The molecule has 0 saturated carbocycles. The first kappa shape index (κ1) is 8.72. The molecule has 1 heterocycles. The van der Waals surface area contributed by atoms with Crippen LogP contribution in [-0.2, 0) is 6.54 Å². The summed E-state index contributed by atoms with van der Waals surface area (Å²) in [6.45, 7) is 4.85. The Morgan fingerprint density at radius 3 is 2.83 bits per heavy atom. The van der Waals surface area contributed by atoms with Crippen LogP contribution in [0.25, 0.3) is 0 Å². The molecule has 0 spiro atoms. The van der Waals surface area contributed by atoms with E-state index in [1.165, 1.54) is 0 Å². The van der Waals surface area contributed by atoms with E-state index in [-0.39, 0.29) is 0 Å². The lowest BCUT2D eigenvalue weighted by molar-refractivity contribution is 0.542. The van der Waals surface area contributed by atoms with Crippen molar-refractivity contribution in [3.63, 3.8) is 0 Å². The van der Waals surface area contributed by atoms with E-state index in [0.717, 1.165) is 25.1 Å². The van der Waals surface area contributed by atoms with Crippen LogP contribution in [0.15, 0.2) is 0 Å². The highest BCUT2D eigenvalue weighted by molar-refractivity contribution is 5.22. The first-order valence-electron chi connectivity index (χ1n) is 4.09. The minimum atomic E-state index is 0.436. The molecular weight excluding hydrogens is 152 g/mol. The van der Waals surface area contributed by atoms with Gasteiger partial charge in [0.05, 0.1) is 5.69 Å². The zero-order chi connectivity index (χ0) is 8.97. The van der Waals surface area contributed by atoms with Crippen LogP contribution < -0.4 is 0 Å². The highest BCUT2D eigenvalue weighted by Gasteiger charge is 2.05. The summed E-state index contributed by atoms with van der Waals surface area (Å²) in [6, 6.07) is 2.00. The zero-order valence-corrected chi connectivity index (χ0v) is 7.41. The van der Waals surface area contributed by atoms with Gasteiger partial charge < -0.3 is 0 Å². The SMILES string of the molecule is CCCCn1nnc(C#N)c1C. The van der Waals surface area contributed by atoms with Gasteiger partial charge in [-0.3, -0.25) is 0 Å². The maximum Gasteiger partial charge on any atom is 0.185 e. The third kappa shape index (κ3) is 1.62. The van der Waals surface area contributed by atoms with Gasteiger partial charge in [-0.1, -0.05) is 18.6 Å². The molecule has 4 nitrogen and oxygen atoms in total. The Morgan fingerprint density at radius 1 is 1.58 bits per heavy atom. The summed E-state index contributed by atoms with van der Waals surface area (Å²) in [5.41, 5.74) is 1.30. The Labute approximate surface area is 71.8 Å². The van der Waals surface area contributed by atoms with Crippen molar-refractivity contribution in [2.24, 2.45) is 0 Å². The van der Waals surface area contributed by atoms with Gasteiger partial charge in [-0.05, 0) is 13.3 Å². The van der Waals surface area contributed by atoms with E-state index in [0.29, 0.717) is 5.69 Å². The summed E-state index contributed by atoms with van der Waals surface area (Å²) < 4.78 is 1.78. The molecule has 0 amide bonds. The summed E-state index contributed by atoms with van der Waals surface area (Å²) in [5.74, 6) is 0. The van der Waals surface area contributed by atoms with Crippen LogP contribution in [0, 0.1) is 18.3 Å². The molecule has 0 atom stereocenters. The Balaban J connectivity index is 2.75. The van der Waals surface area contributed by atoms with Crippen LogP contribution in [0.1, 0.15) is 31.2 Å². The number of hydrogen-bond acceptors (Lipinski definition) is 3. The zero-order valence-electron chi connectivity index (χ0n) is 7.41. The predicted molar refractivity (Wildman–Crippen MR) is 44.4 cm³/mol. The molecule has 0 radical (unpaired) electrons. The van der Waals surface area contributed by atoms with Gasteiger partial charge in [0.25, 0.3) is 0 Å². The Hall–Kier alpha value is -1.37. The van der Waals surface area contributed by atoms with E-state index in [1.54, 1.807) is 4.68 Å². The van der Waals surface area contributed by atoms with E-state index in [4.69, 9.17) is 5.26 Å². The fraction of sp³-hybridized carbons (Fsp3) is 0.625. The number of hydrogen-bond donors (Lipinski definition) is 0. The third-order valence-corrected chi connectivity index (χ3v) is 1.81. The van der Waals surface area contributed by atoms with Crippen molar-refractivity contribution in [3.8, 4) is 6.07 Å². The lowest BCUT2D eigenvalue weighted by atomic mass is 10.3. The molecule has 1 aromatic heterocycles. The quantitative estimate of drug-likeness (QED) is 0.675. The van der Waals surface area contributed by atoms with Gasteiger partial charge in [-0.2, -0.15) is 5.26 Å². The van der Waals surface area contributed by atoms with Gasteiger partial charge in [0.1, 0.15) is 6.07 Å². The summed E-state index contributed by atoms with van der Waals surface area (Å²) in [7, 11) is 0. The standard InChI is InChI=1S/C8H12N4/c1-3-4-5-12-7(2)8(6-9)10-11-12/h3-5H2,1-2H3. The summed E-state index contributed by atoms with van der Waals surface area (Å²) >= 11 is 0. The average molecular weight is 164 g/mol. The Bertz CT molecular complexity index is 294. The topological polar surface area (TPSA) is 54.5 Å². The van der Waals surface area contributed by atoms with E-state index in [2.05, 4.69) is 17.2 Å². The number of nitrogens with zero attached hydrogens (tertiary/aromatic N) is 4. The second kappa shape index (κ2) is 3.86. The molecule has 0 bridgehead atoms. The van der Waals surface area contributed by atoms with Crippen LogP contribution in [0.4, 0.5) is 0 Å². The average Bonchev–Trinajstić information content (AvgIpc) is 2.43. The van der Waals surface area contributed by atoms with Gasteiger partial charge >= 0.3 is 0 Å². The molecule has 0 saturated heterocycles. The number of rotatable bonds is 3. The van der Waals surface area contributed by atoms with Crippen LogP contribution in [0.3, 0.4) is 0 Å². The van der Waals surface area contributed by atoms with Crippen molar-refractivity contribution in [2.75, 3.05) is 0 Å². The van der Waals surface area contributed by atoms with Crippen molar-refractivity contribution in [1.29, 1.82) is 5.26 Å². The first-order valence-corrected chi connectivity index (χ1v) is 4.09. The Kier molecular flexibility index (Phi) is 2.81. The third-order valence-electron chi connectivity index (χ3n) is 1.81. The van der Waals surface area contributed by atoms with E-state index in [1.807, 2.05) is 13.0 Å². The maximum atomic E-state index is 8.59. The summed E-state index contributed by atoms with van der Waals surface area (Å²) in [5, 5.41) is 16.2. The molecule has 0 aliphatic heterocycles. The monoisotopic (exact) mass is 164 g/mol. The molecule has 1 aromatic rings. The lowest BCUT2D eigenvalue weighted by Gasteiger charge is -1.99. The van der Waals surface area contributed by atoms with Crippen molar-refractivity contribution >= 4 is 0 Å². The normalized spacial score (nSPS) is 9.75. The predicted octanol–water partition coefficient (Wildman–Crippen LogP) is 1.26. The van der Waals surface area contributed by atoms with Crippen molar-refractivity contribution in [3.05, 3.63) is 11.4 Å². The molecule has 0 aliphatic rings. The molecule has 1 rings (SSSR count). The molecule has 0 unspecified atom stereocenters. The minimum Gasteiger partial charge on any atom is -0.248 e. The smallest absolute Gasteiger partial charge is 0.185 e. The molecule has 0 aromatic carbocycles. The number of unbranched alkanes of at least 4 members (excludes halogenated alkanes) is 1. The first-order chi connectivity index (χ1) is 5.79. The molecule has 0 fully saturated rings. The largest absolute Gasteiger partial charge is 0.248 e. The lowest BCUT2D eigenvalue weighted by Crippen LogP contribution is -2.02. The van der Waals surface area contributed by atoms with E-state index >= 15 is 0 Å². The highest BCUT2D eigenvalue weighted by Crippen LogP contribution is 2.02. The van der Waals surface area contributed by atoms with E-state index in [9.17, 15) is 0 Å². The maximum absolute atomic E-state index is 8.59. The molecular formula is C8H12N4. The van der Waals surface area contributed by atoms with Crippen LogP contribution in [-0.4, -0.2) is 15.0 Å². The van der Waals surface area contributed by atoms with Gasteiger partial charge in [-0.25, -0.2) is 4.68 Å². The van der Waals surface area contributed by atoms with Crippen molar-refractivity contribution < 1.29 is 0 Å². The van der Waals surface area contributed by atoms with Gasteiger partial charge in [0, 0.05) is 6.54 Å². The summed E-state index contributed by atoms with van der Waals surface area (Å²) in [6.07, 6.45) is 2.20. The minimum absolute atomic E-state index is 0.436. The molecule has 4 heteroatoms. The van der Waals surface area contributed by atoms with Crippen molar-refractivity contribution in [2.45, 2.75) is 33.2 Å². The van der Waals surface area contributed by atoms with E-state index < -0.39 is 0 Å². The fourth-order valence-electron chi connectivity index (χ4n) is 0.984. The summed E-state index contributed by atoms with van der Waals surface area (Å²) in [4.78, 5) is 0. The number of aromatic nitrogens is 3. The van der Waals surface area contributed by atoms with Gasteiger partial charge in [0.2, 0.25) is 0 Å². The second-order valence-electron chi connectivity index (χ2n) is 2.71. The van der Waals surface area contributed by atoms with Crippen LogP contribution in [0.2, 0.25) is 0 Å².